The first-order valence-corrected chi connectivity index (χ1v) is 7.07. The minimum Gasteiger partial charge on any atom is -0.489 e. The first-order chi connectivity index (χ1) is 10.6. The Kier molecular flexibility index (Phi) is 4.79. The van der Waals surface area contributed by atoms with Crippen molar-refractivity contribution in [2.45, 2.75) is 32.8 Å². The quantitative estimate of drug-likeness (QED) is 0.885. The molecular formula is C16H17N3O3. The second-order valence-corrected chi connectivity index (χ2v) is 4.82. The molecule has 0 aliphatic rings. The number of rotatable bonds is 6. The molecule has 0 spiro atoms. The Hall–Kier alpha value is -2.81. The highest BCUT2D eigenvalue weighted by Crippen LogP contribution is 2.24. The van der Waals surface area contributed by atoms with Gasteiger partial charge in [0.2, 0.25) is 0 Å². The molecule has 1 aromatic heterocycles. The van der Waals surface area contributed by atoms with Crippen molar-refractivity contribution >= 4 is 5.97 Å². The number of imidazole rings is 1. The predicted molar refractivity (Wildman–Crippen MR) is 80.2 cm³/mol. The zero-order chi connectivity index (χ0) is 16.1. The minimum absolute atomic E-state index is 0.0455. The molecule has 0 bridgehead atoms. The van der Waals surface area contributed by atoms with E-state index in [1.54, 1.807) is 22.8 Å². The topological polar surface area (TPSA) is 88.1 Å². The first kappa shape index (κ1) is 15.6. The van der Waals surface area contributed by atoms with Gasteiger partial charge in [0, 0.05) is 11.9 Å². The molecule has 114 valence electrons. The van der Waals surface area contributed by atoms with Gasteiger partial charge in [0.15, 0.2) is 5.69 Å². The van der Waals surface area contributed by atoms with Gasteiger partial charge in [-0.15, -0.1) is 0 Å². The summed E-state index contributed by atoms with van der Waals surface area (Å²) in [6.45, 7) is 4.07. The maximum Gasteiger partial charge on any atom is 0.356 e. The van der Waals surface area contributed by atoms with Crippen molar-refractivity contribution in [2.75, 3.05) is 0 Å². The number of aromatic nitrogens is 2. The summed E-state index contributed by atoms with van der Waals surface area (Å²) < 4.78 is 7.39. The lowest BCUT2D eigenvalue weighted by molar-refractivity contribution is 0.0691. The summed E-state index contributed by atoms with van der Waals surface area (Å²) in [7, 11) is 0. The number of benzene rings is 1. The first-order valence-electron chi connectivity index (χ1n) is 7.07. The van der Waals surface area contributed by atoms with Crippen LogP contribution >= 0.6 is 0 Å². The Morgan fingerprint density at radius 1 is 1.45 bits per heavy atom. The summed E-state index contributed by atoms with van der Waals surface area (Å²) in [5.41, 5.74) is 1.03. The predicted octanol–water partition coefficient (Wildman–Crippen LogP) is 3.01. The van der Waals surface area contributed by atoms with Crippen LogP contribution in [-0.4, -0.2) is 26.7 Å². The second-order valence-electron chi connectivity index (χ2n) is 4.82. The lowest BCUT2D eigenvalue weighted by atomic mass is 10.1. The Balaban J connectivity index is 2.32. The summed E-state index contributed by atoms with van der Waals surface area (Å²) in [6.07, 6.45) is 4.62. The molecule has 6 nitrogen and oxygen atoms in total. The van der Waals surface area contributed by atoms with Gasteiger partial charge >= 0.3 is 5.97 Å². The molecule has 1 N–H and O–H groups in total. The van der Waals surface area contributed by atoms with E-state index >= 15 is 0 Å². The molecule has 0 saturated carbocycles. The lowest BCUT2D eigenvalue weighted by Gasteiger charge is -2.17. The number of ether oxygens (including phenoxy) is 1. The monoisotopic (exact) mass is 299 g/mol. The minimum atomic E-state index is -1.09. The maximum absolute atomic E-state index is 10.9. The van der Waals surface area contributed by atoms with Gasteiger partial charge in [0.1, 0.15) is 18.1 Å². The van der Waals surface area contributed by atoms with Crippen LogP contribution in [-0.2, 0) is 0 Å². The summed E-state index contributed by atoms with van der Waals surface area (Å²) >= 11 is 0. The van der Waals surface area contributed by atoms with E-state index in [1.165, 1.54) is 12.5 Å². The molecule has 1 aromatic carbocycles. The third kappa shape index (κ3) is 3.26. The van der Waals surface area contributed by atoms with Gasteiger partial charge in [-0.3, -0.25) is 0 Å². The van der Waals surface area contributed by atoms with Gasteiger partial charge in [0.25, 0.3) is 0 Å². The number of hydrogen-bond donors (Lipinski definition) is 1. The molecule has 6 heteroatoms. The highest BCUT2D eigenvalue weighted by atomic mass is 16.5. The van der Waals surface area contributed by atoms with E-state index in [4.69, 9.17) is 9.84 Å². The Bertz CT molecular complexity index is 712. The van der Waals surface area contributed by atoms with Crippen LogP contribution in [0.4, 0.5) is 0 Å². The van der Waals surface area contributed by atoms with Gasteiger partial charge in [-0.1, -0.05) is 13.8 Å². The van der Waals surface area contributed by atoms with Crippen LogP contribution in [0.2, 0.25) is 0 Å². The van der Waals surface area contributed by atoms with Crippen LogP contribution in [0.5, 0.6) is 5.75 Å². The standard InChI is InChI=1S/C16H17N3O3/c1-3-13(4-2)22-15-6-5-12(7-11(15)8-17)19-9-14(16(20)21)18-10-19/h5-7,9-10,13H,3-4H2,1-2H3,(H,20,21). The average Bonchev–Trinajstić information content (AvgIpc) is 3.02. The Morgan fingerprint density at radius 2 is 2.18 bits per heavy atom. The number of carbonyl (C=O) groups is 1. The van der Waals surface area contributed by atoms with Crippen molar-refractivity contribution in [1.29, 1.82) is 5.26 Å². The molecule has 0 fully saturated rings. The van der Waals surface area contributed by atoms with Gasteiger partial charge in [-0.05, 0) is 31.0 Å². The molecule has 0 aliphatic carbocycles. The van der Waals surface area contributed by atoms with Crippen LogP contribution in [0, 0.1) is 11.3 Å². The highest BCUT2D eigenvalue weighted by molar-refractivity contribution is 5.85. The Morgan fingerprint density at radius 3 is 2.73 bits per heavy atom. The number of nitriles is 1. The number of aromatic carboxylic acids is 1. The van der Waals surface area contributed by atoms with Gasteiger partial charge in [-0.25, -0.2) is 9.78 Å². The van der Waals surface area contributed by atoms with E-state index in [0.29, 0.717) is 17.0 Å². The van der Waals surface area contributed by atoms with E-state index in [-0.39, 0.29) is 11.8 Å². The Labute approximate surface area is 128 Å². The van der Waals surface area contributed by atoms with Crippen molar-refractivity contribution in [2.24, 2.45) is 0 Å². The lowest BCUT2D eigenvalue weighted by Crippen LogP contribution is -2.14. The third-order valence-electron chi connectivity index (χ3n) is 3.39. The van der Waals surface area contributed by atoms with E-state index < -0.39 is 5.97 Å². The van der Waals surface area contributed by atoms with Crippen LogP contribution in [0.3, 0.4) is 0 Å². The normalized spacial score (nSPS) is 10.5. The van der Waals surface area contributed by atoms with Crippen molar-refractivity contribution < 1.29 is 14.6 Å². The summed E-state index contributed by atoms with van der Waals surface area (Å²) in [5.74, 6) is -0.550. The summed E-state index contributed by atoms with van der Waals surface area (Å²) in [5, 5.41) is 18.2. The fourth-order valence-electron chi connectivity index (χ4n) is 2.08. The van der Waals surface area contributed by atoms with E-state index in [9.17, 15) is 10.1 Å². The largest absolute Gasteiger partial charge is 0.489 e. The number of carboxylic acids is 1. The molecule has 0 atom stereocenters. The van der Waals surface area contributed by atoms with Crippen LogP contribution in [0.1, 0.15) is 42.7 Å². The highest BCUT2D eigenvalue weighted by Gasteiger charge is 2.12. The molecule has 2 aromatic rings. The zero-order valence-electron chi connectivity index (χ0n) is 12.5. The summed E-state index contributed by atoms with van der Waals surface area (Å²) in [4.78, 5) is 14.7. The fraction of sp³-hybridized carbons (Fsp3) is 0.312. The molecule has 2 rings (SSSR count). The maximum atomic E-state index is 10.9. The molecule has 22 heavy (non-hydrogen) atoms. The van der Waals surface area contributed by atoms with Crippen molar-refractivity contribution in [3.05, 3.63) is 42.0 Å². The fourth-order valence-corrected chi connectivity index (χ4v) is 2.08. The number of hydrogen-bond acceptors (Lipinski definition) is 4. The van der Waals surface area contributed by atoms with E-state index in [2.05, 4.69) is 11.1 Å². The van der Waals surface area contributed by atoms with Crippen molar-refractivity contribution in [1.82, 2.24) is 9.55 Å². The van der Waals surface area contributed by atoms with Crippen LogP contribution in [0.15, 0.2) is 30.7 Å². The molecule has 0 unspecified atom stereocenters. The van der Waals surface area contributed by atoms with E-state index in [1.807, 2.05) is 13.8 Å². The van der Waals surface area contributed by atoms with Crippen molar-refractivity contribution in [3.8, 4) is 17.5 Å². The van der Waals surface area contributed by atoms with Gasteiger partial charge < -0.3 is 14.4 Å². The average molecular weight is 299 g/mol. The van der Waals surface area contributed by atoms with Crippen LogP contribution in [0.25, 0.3) is 5.69 Å². The van der Waals surface area contributed by atoms with Crippen molar-refractivity contribution in [3.63, 3.8) is 0 Å². The second kappa shape index (κ2) is 6.76. The molecule has 0 radical (unpaired) electrons. The van der Waals surface area contributed by atoms with E-state index in [0.717, 1.165) is 12.8 Å². The summed E-state index contributed by atoms with van der Waals surface area (Å²) in [6, 6.07) is 7.27. The van der Waals surface area contributed by atoms with Gasteiger partial charge in [-0.2, -0.15) is 5.26 Å². The van der Waals surface area contributed by atoms with Gasteiger partial charge in [0.05, 0.1) is 11.7 Å². The molecular weight excluding hydrogens is 282 g/mol. The third-order valence-corrected chi connectivity index (χ3v) is 3.39. The van der Waals surface area contributed by atoms with Crippen LogP contribution < -0.4 is 4.74 Å². The molecule has 1 heterocycles. The zero-order valence-corrected chi connectivity index (χ0v) is 12.5. The smallest absolute Gasteiger partial charge is 0.356 e. The number of nitrogens with zero attached hydrogens (tertiary/aromatic N) is 3. The molecule has 0 amide bonds. The number of carboxylic acid groups (broad SMARTS) is 1. The SMILES string of the molecule is CCC(CC)Oc1ccc(-n2cnc(C(=O)O)c2)cc1C#N. The molecule has 0 saturated heterocycles. The molecule has 0 aliphatic heterocycles.